The molecule has 74 valence electrons. The van der Waals surface area contributed by atoms with Crippen molar-refractivity contribution in [2.24, 2.45) is 0 Å². The summed E-state index contributed by atoms with van der Waals surface area (Å²) in [6.07, 6.45) is 3.61. The fourth-order valence-corrected chi connectivity index (χ4v) is 1.18. The van der Waals surface area contributed by atoms with Crippen molar-refractivity contribution in [3.63, 3.8) is 0 Å². The van der Waals surface area contributed by atoms with E-state index >= 15 is 0 Å². The molecular weight excluding hydrogens is 215 g/mol. The maximum absolute atomic E-state index is 10.2. The summed E-state index contributed by atoms with van der Waals surface area (Å²) in [5, 5.41) is 8.36. The third-order valence-electron chi connectivity index (χ3n) is 1.78. The first-order valence-corrected chi connectivity index (χ1v) is 5.04. The molecule has 0 atom stereocenters. The van der Waals surface area contributed by atoms with Crippen LogP contribution in [0.3, 0.4) is 0 Å². The molecule has 0 aliphatic rings. The number of hydrogen-bond donors (Lipinski definition) is 3. The van der Waals surface area contributed by atoms with Crippen LogP contribution in [0.4, 0.5) is 0 Å². The third-order valence-corrected chi connectivity index (χ3v) is 2.86. The minimum absolute atomic E-state index is 0. The first-order chi connectivity index (χ1) is 5.48. The SMILES string of the molecule is CCC(S)(S)CCCCC(=O)O.[NaH]. The fourth-order valence-electron chi connectivity index (χ4n) is 0.861. The van der Waals surface area contributed by atoms with Gasteiger partial charge in [-0.05, 0) is 19.3 Å². The number of carbonyl (C=O) groups is 1. The first-order valence-electron chi connectivity index (χ1n) is 4.14. The van der Waals surface area contributed by atoms with Crippen molar-refractivity contribution < 1.29 is 9.90 Å². The number of hydrogen-bond acceptors (Lipinski definition) is 3. The summed E-state index contributed by atoms with van der Waals surface area (Å²) in [6, 6.07) is 0. The predicted octanol–water partition coefficient (Wildman–Crippen LogP) is 1.95. The summed E-state index contributed by atoms with van der Waals surface area (Å²) < 4.78 is -0.224. The summed E-state index contributed by atoms with van der Waals surface area (Å²) in [4.78, 5) is 10.2. The number of carboxylic acids is 1. The minimum atomic E-state index is -0.726. The van der Waals surface area contributed by atoms with Crippen LogP contribution < -0.4 is 0 Å². The van der Waals surface area contributed by atoms with E-state index in [0.29, 0.717) is 0 Å². The van der Waals surface area contributed by atoms with E-state index < -0.39 is 5.97 Å². The number of aliphatic carboxylic acids is 1. The van der Waals surface area contributed by atoms with Crippen LogP contribution in [0, 0.1) is 0 Å². The van der Waals surface area contributed by atoms with Crippen LogP contribution in [0.2, 0.25) is 0 Å². The fraction of sp³-hybridized carbons (Fsp3) is 0.875. The molecule has 1 N–H and O–H groups in total. The van der Waals surface area contributed by atoms with Gasteiger partial charge in [0.1, 0.15) is 0 Å². The number of carboxylic acid groups (broad SMARTS) is 1. The van der Waals surface area contributed by atoms with Crippen LogP contribution >= 0.6 is 25.3 Å². The first kappa shape index (κ1) is 16.6. The Hall–Kier alpha value is 1.17. The molecule has 0 saturated carbocycles. The molecule has 2 nitrogen and oxygen atoms in total. The van der Waals surface area contributed by atoms with Gasteiger partial charge in [-0.2, -0.15) is 25.3 Å². The van der Waals surface area contributed by atoms with E-state index in [1.54, 1.807) is 0 Å². The van der Waals surface area contributed by atoms with Crippen molar-refractivity contribution in [3.8, 4) is 0 Å². The number of unbranched alkanes of at least 4 members (excludes halogenated alkanes) is 1. The molecule has 0 bridgehead atoms. The van der Waals surface area contributed by atoms with Crippen molar-refractivity contribution in [2.45, 2.75) is 43.1 Å². The number of rotatable bonds is 6. The molecule has 0 spiro atoms. The monoisotopic (exact) mass is 232 g/mol. The van der Waals surface area contributed by atoms with Crippen molar-refractivity contribution in [2.75, 3.05) is 0 Å². The Kier molecular flexibility index (Phi) is 10.8. The van der Waals surface area contributed by atoms with Crippen LogP contribution in [0.15, 0.2) is 0 Å². The average molecular weight is 232 g/mol. The molecule has 0 unspecified atom stereocenters. The van der Waals surface area contributed by atoms with E-state index in [2.05, 4.69) is 25.3 Å². The zero-order valence-electron chi connectivity index (χ0n) is 7.29. The van der Waals surface area contributed by atoms with Gasteiger partial charge < -0.3 is 5.11 Å². The molecule has 0 aromatic heterocycles. The van der Waals surface area contributed by atoms with Crippen molar-refractivity contribution in [1.82, 2.24) is 0 Å². The van der Waals surface area contributed by atoms with Gasteiger partial charge in [0.25, 0.3) is 0 Å². The predicted molar refractivity (Wildman–Crippen MR) is 64.2 cm³/mol. The van der Waals surface area contributed by atoms with Crippen LogP contribution in [0.1, 0.15) is 39.0 Å². The van der Waals surface area contributed by atoms with Gasteiger partial charge in [0.15, 0.2) is 0 Å². The zero-order valence-corrected chi connectivity index (χ0v) is 9.07. The van der Waals surface area contributed by atoms with E-state index in [0.717, 1.165) is 25.7 Å². The average Bonchev–Trinajstić information content (AvgIpc) is 1.98. The molecule has 0 radical (unpaired) electrons. The van der Waals surface area contributed by atoms with E-state index in [4.69, 9.17) is 5.11 Å². The van der Waals surface area contributed by atoms with E-state index in [1.165, 1.54) is 0 Å². The Bertz CT molecular complexity index is 151. The van der Waals surface area contributed by atoms with Crippen molar-refractivity contribution >= 4 is 60.8 Å². The molecule has 0 saturated heterocycles. The Morgan fingerprint density at radius 3 is 2.31 bits per heavy atom. The molecule has 13 heavy (non-hydrogen) atoms. The number of thiol groups is 2. The van der Waals surface area contributed by atoms with Gasteiger partial charge in [-0.1, -0.05) is 13.3 Å². The van der Waals surface area contributed by atoms with Gasteiger partial charge in [0, 0.05) is 6.42 Å². The molecule has 0 heterocycles. The van der Waals surface area contributed by atoms with Gasteiger partial charge >= 0.3 is 35.5 Å². The third kappa shape index (κ3) is 11.1. The normalized spacial score (nSPS) is 10.7. The summed E-state index contributed by atoms with van der Waals surface area (Å²) in [5.41, 5.74) is 0. The summed E-state index contributed by atoms with van der Waals surface area (Å²) in [5.74, 6) is -0.726. The maximum atomic E-state index is 10.2. The van der Waals surface area contributed by atoms with Gasteiger partial charge in [-0.25, -0.2) is 0 Å². The van der Waals surface area contributed by atoms with Gasteiger partial charge in [0.2, 0.25) is 0 Å². The van der Waals surface area contributed by atoms with Gasteiger partial charge in [-0.15, -0.1) is 0 Å². The Labute approximate surface area is 113 Å². The summed E-state index contributed by atoms with van der Waals surface area (Å²) in [6.45, 7) is 2.02. The van der Waals surface area contributed by atoms with Gasteiger partial charge in [0.05, 0.1) is 4.08 Å². The molecular formula is C8H17NaO2S2. The second kappa shape index (κ2) is 8.48. The molecule has 5 heteroatoms. The van der Waals surface area contributed by atoms with E-state index in [1.807, 2.05) is 6.92 Å². The van der Waals surface area contributed by atoms with Crippen molar-refractivity contribution in [1.29, 1.82) is 0 Å². The molecule has 0 aromatic rings. The van der Waals surface area contributed by atoms with Crippen LogP contribution in [-0.2, 0) is 4.79 Å². The molecule has 0 fully saturated rings. The Morgan fingerprint density at radius 1 is 1.38 bits per heavy atom. The molecule has 0 amide bonds. The van der Waals surface area contributed by atoms with Crippen LogP contribution in [-0.4, -0.2) is 44.7 Å². The molecule has 0 aromatic carbocycles. The van der Waals surface area contributed by atoms with Crippen LogP contribution in [0.5, 0.6) is 0 Å². The van der Waals surface area contributed by atoms with Crippen molar-refractivity contribution in [3.05, 3.63) is 0 Å². The quantitative estimate of drug-likeness (QED) is 0.283. The summed E-state index contributed by atoms with van der Waals surface area (Å²) >= 11 is 8.66. The second-order valence-electron chi connectivity index (χ2n) is 2.94. The molecule has 0 aliphatic carbocycles. The van der Waals surface area contributed by atoms with E-state index in [9.17, 15) is 4.79 Å². The van der Waals surface area contributed by atoms with Gasteiger partial charge in [-0.3, -0.25) is 4.79 Å². The van der Waals surface area contributed by atoms with Crippen LogP contribution in [0.25, 0.3) is 0 Å². The summed E-state index contributed by atoms with van der Waals surface area (Å²) in [7, 11) is 0. The molecule has 0 rings (SSSR count). The second-order valence-corrected chi connectivity index (χ2v) is 5.00. The Balaban J connectivity index is 0. The standard InChI is InChI=1S/C8H16O2S2.Na.H/c1-2-8(11,12)6-4-3-5-7(9)10;;/h11-12H,2-6H2,1H3,(H,9,10);;. The topological polar surface area (TPSA) is 37.3 Å². The zero-order chi connectivity index (χ0) is 9.61. The Morgan fingerprint density at radius 2 is 1.92 bits per heavy atom. The van der Waals surface area contributed by atoms with E-state index in [-0.39, 0.29) is 40.1 Å². The molecule has 0 aliphatic heterocycles.